The molecule has 0 saturated carbocycles. The third kappa shape index (κ3) is 4.72. The summed E-state index contributed by atoms with van der Waals surface area (Å²) in [6.07, 6.45) is 11.4. The fraction of sp³-hybridized carbons (Fsp3) is 0.345. The van der Waals surface area contributed by atoms with E-state index >= 15 is 0 Å². The Bertz CT molecular complexity index is 1670. The Morgan fingerprint density at radius 1 is 1.15 bits per heavy atom. The zero-order chi connectivity index (χ0) is 27.1. The first-order valence-corrected chi connectivity index (χ1v) is 13.3. The standard InChI is InChI=1S/C29H33N9O/c1-19-24(13-21(16-32-19)28(39)31-10-12-37-11-6-8-29(37,2)3)34-27-23-17-33-38-18-22(20-7-5-9-30-15-20)14-25(38)26(23)36(4)35-27/h5,7,9,13-18H,6,8,10-12H2,1-4H3,(H,31,39)(H,34,35). The van der Waals surface area contributed by atoms with E-state index in [9.17, 15) is 4.79 Å². The molecule has 0 bridgehead atoms. The highest BCUT2D eigenvalue weighted by molar-refractivity contribution is 6.01. The van der Waals surface area contributed by atoms with Gasteiger partial charge in [-0.05, 0) is 58.4 Å². The number of hydrogen-bond donors (Lipinski definition) is 2. The second kappa shape index (κ2) is 9.77. The van der Waals surface area contributed by atoms with E-state index in [2.05, 4.69) is 50.5 Å². The molecule has 1 aliphatic heterocycles. The smallest absolute Gasteiger partial charge is 0.252 e. The highest BCUT2D eigenvalue weighted by Gasteiger charge is 2.31. The van der Waals surface area contributed by atoms with Crippen LogP contribution in [0.1, 0.15) is 42.7 Å². The minimum atomic E-state index is -0.132. The number of anilines is 2. The van der Waals surface area contributed by atoms with E-state index < -0.39 is 0 Å². The van der Waals surface area contributed by atoms with Gasteiger partial charge in [-0.15, -0.1) is 0 Å². The lowest BCUT2D eigenvalue weighted by atomic mass is 10.0. The maximum Gasteiger partial charge on any atom is 0.252 e. The molecule has 5 aromatic rings. The molecule has 0 aromatic carbocycles. The number of rotatable bonds is 7. The second-order valence-electron chi connectivity index (χ2n) is 10.8. The third-order valence-electron chi connectivity index (χ3n) is 7.78. The van der Waals surface area contributed by atoms with E-state index in [4.69, 9.17) is 5.10 Å². The molecule has 0 atom stereocenters. The molecule has 1 saturated heterocycles. The van der Waals surface area contributed by atoms with Gasteiger partial charge in [0, 0.05) is 61.6 Å². The molecule has 200 valence electrons. The Hall–Kier alpha value is -4.31. The summed E-state index contributed by atoms with van der Waals surface area (Å²) in [6.45, 7) is 8.96. The van der Waals surface area contributed by atoms with Crippen LogP contribution in [0.25, 0.3) is 27.5 Å². The Kier molecular flexibility index (Phi) is 6.26. The Morgan fingerprint density at radius 3 is 2.79 bits per heavy atom. The summed E-state index contributed by atoms with van der Waals surface area (Å²) in [5.74, 6) is 0.526. The topological polar surface area (TPSA) is 105 Å². The first-order chi connectivity index (χ1) is 18.8. The molecule has 0 unspecified atom stereocenters. The fourth-order valence-electron chi connectivity index (χ4n) is 5.49. The molecule has 0 aliphatic carbocycles. The monoisotopic (exact) mass is 523 g/mol. The fourth-order valence-corrected chi connectivity index (χ4v) is 5.49. The number of carbonyl (C=O) groups is 1. The van der Waals surface area contributed by atoms with Crippen LogP contribution in [-0.2, 0) is 7.05 Å². The highest BCUT2D eigenvalue weighted by atomic mass is 16.1. The summed E-state index contributed by atoms with van der Waals surface area (Å²) in [6, 6.07) is 7.88. The lowest BCUT2D eigenvalue weighted by molar-refractivity contribution is 0.0940. The Labute approximate surface area is 227 Å². The van der Waals surface area contributed by atoms with Crippen molar-refractivity contribution < 1.29 is 4.79 Å². The van der Waals surface area contributed by atoms with Crippen molar-refractivity contribution in [2.45, 2.75) is 39.2 Å². The third-order valence-corrected chi connectivity index (χ3v) is 7.78. The summed E-state index contributed by atoms with van der Waals surface area (Å²) < 4.78 is 3.71. The summed E-state index contributed by atoms with van der Waals surface area (Å²) in [7, 11) is 1.92. The molecule has 2 N–H and O–H groups in total. The van der Waals surface area contributed by atoms with Crippen molar-refractivity contribution in [3.63, 3.8) is 0 Å². The Balaban J connectivity index is 1.23. The van der Waals surface area contributed by atoms with E-state index in [-0.39, 0.29) is 11.4 Å². The van der Waals surface area contributed by atoms with Gasteiger partial charge in [-0.25, -0.2) is 4.52 Å². The molecule has 6 rings (SSSR count). The number of nitrogens with zero attached hydrogens (tertiary/aromatic N) is 7. The molecule has 10 heteroatoms. The number of aryl methyl sites for hydroxylation is 2. The number of carbonyl (C=O) groups excluding carboxylic acids is 1. The first-order valence-electron chi connectivity index (χ1n) is 13.3. The van der Waals surface area contributed by atoms with Crippen LogP contribution in [0.5, 0.6) is 0 Å². The highest BCUT2D eigenvalue weighted by Crippen LogP contribution is 2.31. The van der Waals surface area contributed by atoms with Crippen LogP contribution in [0.15, 0.2) is 55.2 Å². The van der Waals surface area contributed by atoms with E-state index in [1.54, 1.807) is 12.4 Å². The van der Waals surface area contributed by atoms with Crippen LogP contribution in [0.2, 0.25) is 0 Å². The lowest BCUT2D eigenvalue weighted by Crippen LogP contribution is -2.43. The van der Waals surface area contributed by atoms with E-state index in [1.165, 1.54) is 12.8 Å². The molecule has 5 aromatic heterocycles. The van der Waals surface area contributed by atoms with Gasteiger partial charge in [-0.1, -0.05) is 6.07 Å². The van der Waals surface area contributed by atoms with Gasteiger partial charge in [0.25, 0.3) is 5.91 Å². The van der Waals surface area contributed by atoms with Crippen molar-refractivity contribution in [1.82, 2.24) is 39.6 Å². The molecule has 0 spiro atoms. The molecule has 1 amide bonds. The van der Waals surface area contributed by atoms with Crippen LogP contribution >= 0.6 is 0 Å². The SMILES string of the molecule is Cc1ncc(C(=O)NCCN2CCCC2(C)C)cc1Nc1nn(C)c2c1cnn1cc(-c3cccnc3)cc21. The minimum Gasteiger partial charge on any atom is -0.351 e. The number of hydrogen-bond acceptors (Lipinski definition) is 7. The van der Waals surface area contributed by atoms with Gasteiger partial charge in [0.05, 0.1) is 39.6 Å². The lowest BCUT2D eigenvalue weighted by Gasteiger charge is -2.31. The molecule has 1 fully saturated rings. The molecule has 10 nitrogen and oxygen atoms in total. The van der Waals surface area contributed by atoms with Crippen molar-refractivity contribution in [2.75, 3.05) is 25.0 Å². The van der Waals surface area contributed by atoms with Crippen LogP contribution in [0.4, 0.5) is 11.5 Å². The average molecular weight is 524 g/mol. The van der Waals surface area contributed by atoms with Crippen LogP contribution in [0, 0.1) is 6.92 Å². The Morgan fingerprint density at radius 2 is 2.03 bits per heavy atom. The zero-order valence-corrected chi connectivity index (χ0v) is 22.8. The van der Waals surface area contributed by atoms with Gasteiger partial charge in [0.1, 0.15) is 0 Å². The van der Waals surface area contributed by atoms with E-state index in [0.29, 0.717) is 17.9 Å². The summed E-state index contributed by atoms with van der Waals surface area (Å²) in [5.41, 5.74) is 6.17. The normalized spacial score (nSPS) is 15.3. The predicted octanol–water partition coefficient (Wildman–Crippen LogP) is 4.33. The van der Waals surface area contributed by atoms with Gasteiger partial charge < -0.3 is 10.6 Å². The van der Waals surface area contributed by atoms with E-state index in [1.807, 2.05) is 60.0 Å². The number of aromatic nitrogens is 6. The second-order valence-corrected chi connectivity index (χ2v) is 10.8. The minimum absolute atomic E-state index is 0.132. The number of fused-ring (bicyclic) bond motifs is 3. The van der Waals surface area contributed by atoms with Gasteiger partial charge in [-0.3, -0.25) is 24.3 Å². The molecular weight excluding hydrogens is 490 g/mol. The van der Waals surface area contributed by atoms with Crippen molar-refractivity contribution in [1.29, 1.82) is 0 Å². The zero-order valence-electron chi connectivity index (χ0n) is 22.8. The van der Waals surface area contributed by atoms with Gasteiger partial charge in [0.2, 0.25) is 0 Å². The average Bonchev–Trinajstić information content (AvgIpc) is 3.60. The van der Waals surface area contributed by atoms with Gasteiger partial charge in [-0.2, -0.15) is 10.2 Å². The van der Waals surface area contributed by atoms with Crippen molar-refractivity contribution in [3.05, 3.63) is 66.5 Å². The maximum atomic E-state index is 12.9. The van der Waals surface area contributed by atoms with Crippen molar-refractivity contribution >= 4 is 33.8 Å². The molecular formula is C29H33N9O. The summed E-state index contributed by atoms with van der Waals surface area (Å²) in [4.78, 5) is 24.1. The summed E-state index contributed by atoms with van der Waals surface area (Å²) >= 11 is 0. The van der Waals surface area contributed by atoms with Crippen LogP contribution in [0.3, 0.4) is 0 Å². The van der Waals surface area contributed by atoms with Crippen LogP contribution in [-0.4, -0.2) is 65.3 Å². The van der Waals surface area contributed by atoms with Crippen molar-refractivity contribution in [2.24, 2.45) is 7.05 Å². The molecule has 6 heterocycles. The number of pyridine rings is 2. The largest absolute Gasteiger partial charge is 0.351 e. The predicted molar refractivity (Wildman–Crippen MR) is 152 cm³/mol. The van der Waals surface area contributed by atoms with Crippen LogP contribution < -0.4 is 10.6 Å². The quantitative estimate of drug-likeness (QED) is 0.327. The van der Waals surface area contributed by atoms with Gasteiger partial charge in [0.15, 0.2) is 5.82 Å². The number of amides is 1. The maximum absolute atomic E-state index is 12.9. The summed E-state index contributed by atoms with van der Waals surface area (Å²) in [5, 5.41) is 16.7. The number of nitrogens with one attached hydrogen (secondary N) is 2. The van der Waals surface area contributed by atoms with Crippen molar-refractivity contribution in [3.8, 4) is 11.1 Å². The first kappa shape index (κ1) is 25.0. The van der Waals surface area contributed by atoms with E-state index in [0.717, 1.165) is 52.0 Å². The van der Waals surface area contributed by atoms with Gasteiger partial charge >= 0.3 is 0 Å². The molecule has 39 heavy (non-hydrogen) atoms. The molecule has 0 radical (unpaired) electrons. The molecule has 1 aliphatic rings. The number of likely N-dealkylation sites (tertiary alicyclic amines) is 1.